The maximum Gasteiger partial charge on any atom is 0.0492 e. The van der Waals surface area contributed by atoms with Gasteiger partial charge in [-0.2, -0.15) is 5.10 Å². The largest absolute Gasteiger partial charge is 0.327 e. The van der Waals surface area contributed by atoms with E-state index in [0.29, 0.717) is 6.04 Å². The third-order valence-electron chi connectivity index (χ3n) is 4.84. The number of nitrogens with zero attached hydrogens (tertiary/aromatic N) is 3. The molecular weight excluding hydrogens is 224 g/mol. The third-order valence-corrected chi connectivity index (χ3v) is 4.84. The molecule has 3 unspecified atom stereocenters. The minimum Gasteiger partial charge on any atom is -0.327 e. The highest BCUT2D eigenvalue weighted by Gasteiger charge is 2.38. The SMILES string of the molecule is Cn1nccc1CCN1CC2CCCC(N)C2C1. The van der Waals surface area contributed by atoms with Gasteiger partial charge in [-0.05, 0) is 30.7 Å². The number of aromatic nitrogens is 2. The first-order chi connectivity index (χ1) is 8.74. The highest BCUT2D eigenvalue weighted by Crippen LogP contribution is 2.35. The second kappa shape index (κ2) is 5.02. The Bertz CT molecular complexity index is 400. The maximum atomic E-state index is 6.26. The lowest BCUT2D eigenvalue weighted by molar-refractivity contribution is 0.259. The molecule has 1 aliphatic heterocycles. The van der Waals surface area contributed by atoms with Crippen LogP contribution in [0.4, 0.5) is 0 Å². The van der Waals surface area contributed by atoms with Crippen LogP contribution >= 0.6 is 0 Å². The predicted molar refractivity (Wildman–Crippen MR) is 72.2 cm³/mol. The molecular formula is C14H24N4. The number of hydrogen-bond donors (Lipinski definition) is 1. The summed E-state index contributed by atoms with van der Waals surface area (Å²) >= 11 is 0. The number of fused-ring (bicyclic) bond motifs is 1. The number of aryl methyl sites for hydroxylation is 1. The summed E-state index contributed by atoms with van der Waals surface area (Å²) in [7, 11) is 2.02. The zero-order valence-electron chi connectivity index (χ0n) is 11.3. The molecule has 0 radical (unpaired) electrons. The smallest absolute Gasteiger partial charge is 0.0492 e. The number of hydrogen-bond acceptors (Lipinski definition) is 3. The Kier molecular flexibility index (Phi) is 3.39. The number of rotatable bonds is 3. The van der Waals surface area contributed by atoms with Gasteiger partial charge in [0.25, 0.3) is 0 Å². The molecule has 2 heterocycles. The van der Waals surface area contributed by atoms with Crippen LogP contribution < -0.4 is 5.73 Å². The summed E-state index contributed by atoms with van der Waals surface area (Å²) in [6, 6.07) is 2.57. The van der Waals surface area contributed by atoms with E-state index >= 15 is 0 Å². The van der Waals surface area contributed by atoms with Gasteiger partial charge in [-0.1, -0.05) is 6.42 Å². The van der Waals surface area contributed by atoms with Gasteiger partial charge in [-0.15, -0.1) is 0 Å². The van der Waals surface area contributed by atoms with Gasteiger partial charge in [0.1, 0.15) is 0 Å². The predicted octanol–water partition coefficient (Wildman–Crippen LogP) is 1.02. The molecule has 100 valence electrons. The molecule has 1 saturated carbocycles. The molecule has 0 spiro atoms. The van der Waals surface area contributed by atoms with E-state index in [1.807, 2.05) is 17.9 Å². The molecule has 4 nitrogen and oxygen atoms in total. The minimum absolute atomic E-state index is 0.449. The van der Waals surface area contributed by atoms with E-state index in [1.54, 1.807) is 0 Å². The topological polar surface area (TPSA) is 47.1 Å². The second-order valence-corrected chi connectivity index (χ2v) is 5.97. The van der Waals surface area contributed by atoms with Gasteiger partial charge in [0, 0.05) is 51.0 Å². The van der Waals surface area contributed by atoms with E-state index in [0.717, 1.165) is 24.8 Å². The lowest BCUT2D eigenvalue weighted by Crippen LogP contribution is -2.38. The summed E-state index contributed by atoms with van der Waals surface area (Å²) in [6.07, 6.45) is 6.94. The zero-order chi connectivity index (χ0) is 12.5. The first kappa shape index (κ1) is 12.2. The normalized spacial score (nSPS) is 32.7. The number of nitrogens with two attached hydrogens (primary N) is 1. The molecule has 1 aromatic rings. The highest BCUT2D eigenvalue weighted by molar-refractivity contribution is 5.01. The van der Waals surface area contributed by atoms with E-state index in [9.17, 15) is 0 Å². The molecule has 1 aliphatic carbocycles. The summed E-state index contributed by atoms with van der Waals surface area (Å²) in [6.45, 7) is 3.62. The van der Waals surface area contributed by atoms with E-state index in [1.165, 1.54) is 38.0 Å². The van der Waals surface area contributed by atoms with Crippen LogP contribution in [-0.2, 0) is 13.5 Å². The van der Waals surface area contributed by atoms with Crippen LogP contribution in [0.3, 0.4) is 0 Å². The summed E-state index contributed by atoms with van der Waals surface area (Å²) in [5.41, 5.74) is 7.58. The molecule has 2 N–H and O–H groups in total. The van der Waals surface area contributed by atoms with Crippen molar-refractivity contribution in [1.82, 2.24) is 14.7 Å². The molecule has 0 aromatic carbocycles. The lowest BCUT2D eigenvalue weighted by atomic mass is 9.78. The van der Waals surface area contributed by atoms with Crippen molar-refractivity contribution in [3.63, 3.8) is 0 Å². The quantitative estimate of drug-likeness (QED) is 0.869. The fraction of sp³-hybridized carbons (Fsp3) is 0.786. The van der Waals surface area contributed by atoms with Gasteiger partial charge < -0.3 is 10.6 Å². The molecule has 18 heavy (non-hydrogen) atoms. The molecule has 1 aromatic heterocycles. The molecule has 0 amide bonds. The van der Waals surface area contributed by atoms with Gasteiger partial charge in [-0.3, -0.25) is 4.68 Å². The second-order valence-electron chi connectivity index (χ2n) is 5.97. The molecule has 4 heteroatoms. The molecule has 2 fully saturated rings. The van der Waals surface area contributed by atoms with Crippen molar-refractivity contribution in [2.24, 2.45) is 24.6 Å². The Hall–Kier alpha value is -0.870. The summed E-state index contributed by atoms with van der Waals surface area (Å²) in [5.74, 6) is 1.62. The van der Waals surface area contributed by atoms with Crippen LogP contribution in [0.25, 0.3) is 0 Å². The van der Waals surface area contributed by atoms with Crippen molar-refractivity contribution < 1.29 is 0 Å². The molecule has 0 bridgehead atoms. The van der Waals surface area contributed by atoms with Crippen LogP contribution in [0, 0.1) is 11.8 Å². The fourth-order valence-corrected chi connectivity index (χ4v) is 3.71. The Morgan fingerprint density at radius 2 is 2.28 bits per heavy atom. The van der Waals surface area contributed by atoms with E-state index in [2.05, 4.69) is 16.1 Å². The van der Waals surface area contributed by atoms with Crippen LogP contribution in [0.1, 0.15) is 25.0 Å². The van der Waals surface area contributed by atoms with Crippen molar-refractivity contribution in [3.05, 3.63) is 18.0 Å². The molecule has 3 atom stereocenters. The van der Waals surface area contributed by atoms with Gasteiger partial charge in [0.2, 0.25) is 0 Å². The van der Waals surface area contributed by atoms with Crippen LogP contribution in [0.2, 0.25) is 0 Å². The Labute approximate surface area is 109 Å². The van der Waals surface area contributed by atoms with Crippen molar-refractivity contribution >= 4 is 0 Å². The van der Waals surface area contributed by atoms with Crippen LogP contribution in [0.15, 0.2) is 12.3 Å². The summed E-state index contributed by atoms with van der Waals surface area (Å²) in [5, 5.41) is 4.22. The molecule has 2 aliphatic rings. The summed E-state index contributed by atoms with van der Waals surface area (Å²) < 4.78 is 1.98. The maximum absolute atomic E-state index is 6.26. The fourth-order valence-electron chi connectivity index (χ4n) is 3.71. The van der Waals surface area contributed by atoms with Gasteiger partial charge in [0.05, 0.1) is 0 Å². The van der Waals surface area contributed by atoms with Crippen molar-refractivity contribution in [2.75, 3.05) is 19.6 Å². The Balaban J connectivity index is 1.54. The van der Waals surface area contributed by atoms with E-state index < -0.39 is 0 Å². The van der Waals surface area contributed by atoms with E-state index in [4.69, 9.17) is 5.73 Å². The van der Waals surface area contributed by atoms with Gasteiger partial charge in [0.15, 0.2) is 0 Å². The monoisotopic (exact) mass is 248 g/mol. The average molecular weight is 248 g/mol. The van der Waals surface area contributed by atoms with Crippen molar-refractivity contribution in [3.8, 4) is 0 Å². The minimum atomic E-state index is 0.449. The number of likely N-dealkylation sites (tertiary alicyclic amines) is 1. The Morgan fingerprint density at radius 3 is 3.00 bits per heavy atom. The first-order valence-electron chi connectivity index (χ1n) is 7.19. The van der Waals surface area contributed by atoms with Crippen LogP contribution in [0.5, 0.6) is 0 Å². The van der Waals surface area contributed by atoms with E-state index in [-0.39, 0.29) is 0 Å². The lowest BCUT2D eigenvalue weighted by Gasteiger charge is -2.29. The zero-order valence-corrected chi connectivity index (χ0v) is 11.3. The van der Waals surface area contributed by atoms with Gasteiger partial charge in [-0.25, -0.2) is 0 Å². The highest BCUT2D eigenvalue weighted by atomic mass is 15.3. The molecule has 3 rings (SSSR count). The molecule has 1 saturated heterocycles. The van der Waals surface area contributed by atoms with Crippen LogP contribution in [-0.4, -0.2) is 40.4 Å². The average Bonchev–Trinajstić information content (AvgIpc) is 2.93. The Morgan fingerprint density at radius 1 is 1.39 bits per heavy atom. The third kappa shape index (κ3) is 2.31. The summed E-state index contributed by atoms with van der Waals surface area (Å²) in [4.78, 5) is 2.60. The standard InChI is InChI=1S/C14H24N4/c1-17-12(5-7-16-17)6-8-18-9-11-3-2-4-14(15)13(11)10-18/h5,7,11,13-14H,2-4,6,8-10,15H2,1H3. The van der Waals surface area contributed by atoms with Crippen molar-refractivity contribution in [2.45, 2.75) is 31.7 Å². The van der Waals surface area contributed by atoms with Gasteiger partial charge >= 0.3 is 0 Å². The first-order valence-corrected chi connectivity index (χ1v) is 7.19. The van der Waals surface area contributed by atoms with Crippen molar-refractivity contribution in [1.29, 1.82) is 0 Å².